The fourth-order valence-electron chi connectivity index (χ4n) is 6.22. The molecule has 0 unspecified atom stereocenters. The molecule has 0 radical (unpaired) electrons. The number of H-pyrrole nitrogens is 1. The Bertz CT molecular complexity index is 1050. The number of aromatic nitrogens is 2. The van der Waals surface area contributed by atoms with E-state index in [1.54, 1.807) is 12.1 Å². The summed E-state index contributed by atoms with van der Waals surface area (Å²) in [4.78, 5) is 0. The van der Waals surface area contributed by atoms with Gasteiger partial charge in [-0.3, -0.25) is 5.10 Å². The van der Waals surface area contributed by atoms with E-state index in [-0.39, 0.29) is 6.04 Å². The smallest absolute Gasteiger partial charge is 0.378 e. The Morgan fingerprint density at radius 3 is 2.54 bits per heavy atom. The normalized spacial score (nSPS) is 30.9. The van der Waals surface area contributed by atoms with Crippen molar-refractivity contribution < 1.29 is 13.2 Å². The highest BCUT2D eigenvalue weighted by atomic mass is 19.4. The number of nitrogens with one attached hydrogen (secondary N) is 2. The summed E-state index contributed by atoms with van der Waals surface area (Å²) in [5, 5.41) is 12.2. The van der Waals surface area contributed by atoms with Crippen molar-refractivity contribution in [2.75, 3.05) is 5.32 Å². The van der Waals surface area contributed by atoms with Gasteiger partial charge in [-0.05, 0) is 78.3 Å². The molecule has 2 heterocycles. The number of benzene rings is 2. The summed E-state index contributed by atoms with van der Waals surface area (Å²) in [6, 6.07) is 9.93. The van der Waals surface area contributed by atoms with Crippen molar-refractivity contribution in [2.45, 2.75) is 37.4 Å². The van der Waals surface area contributed by atoms with Crippen molar-refractivity contribution in [1.29, 1.82) is 0 Å². The van der Waals surface area contributed by atoms with Crippen LogP contribution in [-0.2, 0) is 6.18 Å². The molecule has 6 heteroatoms. The van der Waals surface area contributed by atoms with Gasteiger partial charge in [0.15, 0.2) is 0 Å². The number of rotatable bonds is 1. The second-order valence-corrected chi connectivity index (χ2v) is 8.54. The lowest BCUT2D eigenvalue weighted by Gasteiger charge is -2.43. The zero-order valence-electron chi connectivity index (χ0n) is 15.1. The van der Waals surface area contributed by atoms with Crippen LogP contribution in [0.2, 0.25) is 0 Å². The zero-order valence-corrected chi connectivity index (χ0v) is 15.1. The first-order valence-electron chi connectivity index (χ1n) is 9.90. The molecule has 2 bridgehead atoms. The summed E-state index contributed by atoms with van der Waals surface area (Å²) in [7, 11) is 0. The van der Waals surface area contributed by atoms with Gasteiger partial charge in [0, 0.05) is 11.1 Å². The van der Waals surface area contributed by atoms with Gasteiger partial charge in [-0.2, -0.15) is 18.3 Å². The average Bonchev–Trinajstić information content (AvgIpc) is 3.42. The molecule has 5 atom stereocenters. The van der Waals surface area contributed by atoms with Crippen molar-refractivity contribution in [2.24, 2.45) is 17.8 Å². The van der Waals surface area contributed by atoms with Crippen LogP contribution in [0.1, 0.15) is 47.9 Å². The zero-order chi connectivity index (χ0) is 19.0. The second kappa shape index (κ2) is 5.52. The highest BCUT2D eigenvalue weighted by Gasteiger charge is 2.54. The number of fused-ring (bicyclic) bond motifs is 9. The second-order valence-electron chi connectivity index (χ2n) is 8.54. The van der Waals surface area contributed by atoms with E-state index in [2.05, 4.69) is 21.6 Å². The topological polar surface area (TPSA) is 40.7 Å². The van der Waals surface area contributed by atoms with Gasteiger partial charge < -0.3 is 5.32 Å². The number of halogens is 3. The molecule has 1 aromatic heterocycles. The first-order chi connectivity index (χ1) is 13.5. The molecule has 0 saturated heterocycles. The summed E-state index contributed by atoms with van der Waals surface area (Å²) in [5.74, 6) is 2.16. The maximum absolute atomic E-state index is 13.0. The van der Waals surface area contributed by atoms with E-state index in [4.69, 9.17) is 0 Å². The van der Waals surface area contributed by atoms with Crippen LogP contribution in [0, 0.1) is 17.8 Å². The monoisotopic (exact) mass is 383 g/mol. The molecule has 28 heavy (non-hydrogen) atoms. The van der Waals surface area contributed by atoms with Crippen LogP contribution in [0.3, 0.4) is 0 Å². The van der Waals surface area contributed by atoms with Crippen LogP contribution >= 0.6 is 0 Å². The minimum absolute atomic E-state index is 0.0550. The molecule has 0 spiro atoms. The third kappa shape index (κ3) is 2.20. The van der Waals surface area contributed by atoms with Gasteiger partial charge in [-0.1, -0.05) is 12.1 Å². The van der Waals surface area contributed by atoms with Gasteiger partial charge in [0.2, 0.25) is 0 Å². The average molecular weight is 383 g/mol. The van der Waals surface area contributed by atoms with E-state index in [0.29, 0.717) is 23.7 Å². The molecule has 2 aliphatic carbocycles. The summed E-state index contributed by atoms with van der Waals surface area (Å²) in [5.41, 5.74) is 3.87. The molecule has 1 aliphatic heterocycles. The Morgan fingerprint density at radius 1 is 0.964 bits per heavy atom. The number of nitrogens with zero attached hydrogens (tertiary/aromatic N) is 1. The predicted octanol–water partition coefficient (Wildman–Crippen LogP) is 5.88. The Balaban J connectivity index is 1.47. The Hall–Kier alpha value is -2.50. The quantitative estimate of drug-likeness (QED) is 0.551. The van der Waals surface area contributed by atoms with Crippen molar-refractivity contribution in [1.82, 2.24) is 10.2 Å². The largest absolute Gasteiger partial charge is 0.416 e. The van der Waals surface area contributed by atoms with E-state index < -0.39 is 11.7 Å². The number of aromatic amines is 1. The van der Waals surface area contributed by atoms with Crippen LogP contribution in [0.4, 0.5) is 18.9 Å². The van der Waals surface area contributed by atoms with Crippen LogP contribution in [0.25, 0.3) is 10.9 Å². The minimum atomic E-state index is -4.30. The highest BCUT2D eigenvalue weighted by molar-refractivity contribution is 5.88. The lowest BCUT2D eigenvalue weighted by molar-refractivity contribution is -0.137. The molecule has 2 N–H and O–H groups in total. The Morgan fingerprint density at radius 2 is 1.75 bits per heavy atom. The molecule has 3 aromatic rings. The number of anilines is 1. The molecule has 0 amide bonds. The van der Waals surface area contributed by atoms with Crippen LogP contribution in [-0.4, -0.2) is 10.2 Å². The van der Waals surface area contributed by atoms with E-state index >= 15 is 0 Å². The van der Waals surface area contributed by atoms with Gasteiger partial charge >= 0.3 is 6.18 Å². The molecule has 2 saturated carbocycles. The van der Waals surface area contributed by atoms with Gasteiger partial charge in [0.25, 0.3) is 0 Å². The Kier molecular flexibility index (Phi) is 3.24. The number of hydrogen-bond donors (Lipinski definition) is 2. The van der Waals surface area contributed by atoms with Gasteiger partial charge in [0.1, 0.15) is 0 Å². The maximum atomic E-state index is 13.0. The highest BCUT2D eigenvalue weighted by Crippen LogP contribution is 2.64. The van der Waals surface area contributed by atoms with Crippen LogP contribution in [0.5, 0.6) is 0 Å². The van der Waals surface area contributed by atoms with Crippen molar-refractivity contribution >= 4 is 16.6 Å². The molecule has 2 aromatic carbocycles. The minimum Gasteiger partial charge on any atom is -0.378 e. The van der Waals surface area contributed by atoms with E-state index in [1.807, 2.05) is 12.3 Å². The third-order valence-electron chi connectivity index (χ3n) is 7.27. The maximum Gasteiger partial charge on any atom is 0.416 e. The third-order valence-corrected chi connectivity index (χ3v) is 7.27. The van der Waals surface area contributed by atoms with Crippen molar-refractivity contribution in [3.05, 3.63) is 59.3 Å². The van der Waals surface area contributed by atoms with Crippen LogP contribution < -0.4 is 5.32 Å². The summed E-state index contributed by atoms with van der Waals surface area (Å²) in [6.45, 7) is 0. The fourth-order valence-corrected chi connectivity index (χ4v) is 6.22. The SMILES string of the molecule is FC(F)(F)c1ccc([C@@H]2Nc3ccc4[nH]ncc4c3[C@H]3[C@@H]4CC[C@@H](C4)[C@H]32)cc1. The molecular formula is C22H20F3N3. The van der Waals surface area contributed by atoms with Crippen molar-refractivity contribution in [3.8, 4) is 0 Å². The molecule has 144 valence electrons. The first kappa shape index (κ1) is 16.5. The first-order valence-corrected chi connectivity index (χ1v) is 9.90. The predicted molar refractivity (Wildman–Crippen MR) is 101 cm³/mol. The lowest BCUT2D eigenvalue weighted by Crippen LogP contribution is -2.35. The van der Waals surface area contributed by atoms with E-state index in [1.165, 1.54) is 42.3 Å². The molecule has 2 fully saturated rings. The van der Waals surface area contributed by atoms with Gasteiger partial charge in [0.05, 0.1) is 23.3 Å². The molecule has 3 nitrogen and oxygen atoms in total. The fraction of sp³-hybridized carbons (Fsp3) is 0.409. The number of alkyl halides is 3. The van der Waals surface area contributed by atoms with E-state index in [9.17, 15) is 13.2 Å². The summed E-state index contributed by atoms with van der Waals surface area (Å²) in [6.07, 6.45) is 1.31. The van der Waals surface area contributed by atoms with E-state index in [0.717, 1.165) is 16.8 Å². The standard InChI is InChI=1S/C22H20F3N3/c23-22(24,25)14-5-3-11(4-6-14)21-19-13-2-1-12(9-13)18(19)20-15-10-26-28-16(15)7-8-17(20)27-21/h3-8,10,12-13,18-19,21,27H,1-2,9H2,(H,26,28)/t12-,13+,18+,19-,21+/m1/s1. The number of hydrogen-bond acceptors (Lipinski definition) is 2. The molecular weight excluding hydrogens is 363 g/mol. The lowest BCUT2D eigenvalue weighted by atomic mass is 9.67. The van der Waals surface area contributed by atoms with Gasteiger partial charge in [-0.15, -0.1) is 0 Å². The Labute approximate surface area is 160 Å². The van der Waals surface area contributed by atoms with Crippen LogP contribution in [0.15, 0.2) is 42.6 Å². The van der Waals surface area contributed by atoms with Gasteiger partial charge in [-0.25, -0.2) is 0 Å². The summed E-state index contributed by atoms with van der Waals surface area (Å²) >= 11 is 0. The summed E-state index contributed by atoms with van der Waals surface area (Å²) < 4.78 is 39.0. The molecule has 3 aliphatic rings. The molecule has 6 rings (SSSR count). The van der Waals surface area contributed by atoms with Crippen molar-refractivity contribution in [3.63, 3.8) is 0 Å².